The molecule has 102 valence electrons. The molecule has 0 heterocycles. The van der Waals surface area contributed by atoms with E-state index >= 15 is 0 Å². The van der Waals surface area contributed by atoms with Crippen molar-refractivity contribution < 1.29 is 5.11 Å². The number of halogens is 2. The van der Waals surface area contributed by atoms with Crippen LogP contribution in [0.2, 0.25) is 0 Å². The number of fused-ring (bicyclic) bond motifs is 2. The molecule has 0 amide bonds. The Bertz CT molecular complexity index is 419. The van der Waals surface area contributed by atoms with E-state index in [-0.39, 0.29) is 32.6 Å². The van der Waals surface area contributed by atoms with Crippen LogP contribution in [0.25, 0.3) is 0 Å². The fourth-order valence-electron chi connectivity index (χ4n) is 4.60. The Morgan fingerprint density at radius 1 is 1.33 bits per heavy atom. The molecule has 0 saturated heterocycles. The fraction of sp³-hybridized carbons (Fsp3) is 0.867. The van der Waals surface area contributed by atoms with E-state index in [4.69, 9.17) is 11.6 Å². The maximum Gasteiger partial charge on any atom is 0.0707 e. The van der Waals surface area contributed by atoms with Crippen LogP contribution in [0.15, 0.2) is 11.6 Å². The molecule has 5 unspecified atom stereocenters. The van der Waals surface area contributed by atoms with Crippen molar-refractivity contribution in [2.45, 2.75) is 62.8 Å². The van der Waals surface area contributed by atoms with Gasteiger partial charge in [0.05, 0.1) is 6.10 Å². The monoisotopic (exact) mass is 332 g/mol. The summed E-state index contributed by atoms with van der Waals surface area (Å²) in [5.41, 5.74) is 1.88. The van der Waals surface area contributed by atoms with Crippen molar-refractivity contribution in [3.8, 4) is 0 Å². The Morgan fingerprint density at radius 3 is 2.61 bits per heavy atom. The van der Waals surface area contributed by atoms with Gasteiger partial charge in [0.1, 0.15) is 0 Å². The van der Waals surface area contributed by atoms with Crippen LogP contribution in [0.1, 0.15) is 46.5 Å². The molecule has 2 fully saturated rings. The van der Waals surface area contributed by atoms with E-state index in [1.165, 1.54) is 18.4 Å². The van der Waals surface area contributed by atoms with Crippen LogP contribution in [-0.4, -0.2) is 21.4 Å². The molecule has 4 rings (SSSR count). The SMILES string of the molecule is CC12C=C3CC(O)C(Br)C(C)(C)C3(CC1)CC2Cl. The molecule has 0 radical (unpaired) electrons. The van der Waals surface area contributed by atoms with E-state index in [1.54, 1.807) is 0 Å². The van der Waals surface area contributed by atoms with Crippen molar-refractivity contribution in [1.29, 1.82) is 0 Å². The predicted molar refractivity (Wildman–Crippen MR) is 79.2 cm³/mol. The van der Waals surface area contributed by atoms with Gasteiger partial charge < -0.3 is 5.11 Å². The Hall–Kier alpha value is 0.470. The lowest BCUT2D eigenvalue weighted by Gasteiger charge is -2.64. The van der Waals surface area contributed by atoms with Gasteiger partial charge in [-0.2, -0.15) is 0 Å². The predicted octanol–water partition coefficient (Wildman–Crippen LogP) is 4.26. The van der Waals surface area contributed by atoms with Gasteiger partial charge in [-0.3, -0.25) is 0 Å². The Morgan fingerprint density at radius 2 is 2.00 bits per heavy atom. The highest BCUT2D eigenvalue weighted by Crippen LogP contribution is 2.68. The molecule has 3 heteroatoms. The lowest BCUT2D eigenvalue weighted by atomic mass is 9.43. The third-order valence-corrected chi connectivity index (χ3v) is 8.55. The molecule has 0 aromatic rings. The second-order valence-electron chi connectivity index (χ2n) is 7.32. The molecule has 4 aliphatic carbocycles. The molecule has 2 bridgehead atoms. The topological polar surface area (TPSA) is 20.2 Å². The van der Waals surface area contributed by atoms with Gasteiger partial charge in [-0.1, -0.05) is 48.4 Å². The van der Waals surface area contributed by atoms with Crippen molar-refractivity contribution in [2.24, 2.45) is 16.2 Å². The van der Waals surface area contributed by atoms with Crippen LogP contribution in [0, 0.1) is 16.2 Å². The summed E-state index contributed by atoms with van der Waals surface area (Å²) in [6.07, 6.45) is 6.43. The molecule has 1 spiro atoms. The normalized spacial score (nSPS) is 53.9. The highest BCUT2D eigenvalue weighted by atomic mass is 79.9. The molecule has 5 atom stereocenters. The van der Waals surface area contributed by atoms with E-state index in [0.717, 1.165) is 12.8 Å². The third kappa shape index (κ3) is 1.43. The first-order valence-electron chi connectivity index (χ1n) is 6.91. The second kappa shape index (κ2) is 3.77. The van der Waals surface area contributed by atoms with Crippen LogP contribution < -0.4 is 0 Å². The summed E-state index contributed by atoms with van der Waals surface area (Å²) in [4.78, 5) is 0.161. The van der Waals surface area contributed by atoms with Crippen LogP contribution in [-0.2, 0) is 0 Å². The first kappa shape index (κ1) is 13.5. The number of hydrogen-bond donors (Lipinski definition) is 1. The van der Waals surface area contributed by atoms with Gasteiger partial charge in [-0.05, 0) is 36.5 Å². The molecule has 0 aromatic carbocycles. The number of aliphatic hydroxyl groups is 1. The Labute approximate surface area is 123 Å². The summed E-state index contributed by atoms with van der Waals surface area (Å²) >= 11 is 10.4. The maximum atomic E-state index is 10.3. The summed E-state index contributed by atoms with van der Waals surface area (Å²) < 4.78 is 0. The summed E-state index contributed by atoms with van der Waals surface area (Å²) in [5, 5.41) is 10.5. The molecule has 4 aliphatic rings. The quantitative estimate of drug-likeness (QED) is 0.518. The number of rotatable bonds is 0. The lowest BCUT2D eigenvalue weighted by molar-refractivity contribution is -0.0443. The molecular weight excluding hydrogens is 312 g/mol. The zero-order valence-corrected chi connectivity index (χ0v) is 13.7. The van der Waals surface area contributed by atoms with Crippen LogP contribution >= 0.6 is 27.5 Å². The van der Waals surface area contributed by atoms with Gasteiger partial charge in [-0.25, -0.2) is 0 Å². The van der Waals surface area contributed by atoms with Gasteiger partial charge in [-0.15, -0.1) is 11.6 Å². The molecule has 18 heavy (non-hydrogen) atoms. The molecule has 2 saturated carbocycles. The first-order chi connectivity index (χ1) is 8.23. The van der Waals surface area contributed by atoms with Crippen LogP contribution in [0.4, 0.5) is 0 Å². The van der Waals surface area contributed by atoms with Gasteiger partial charge in [0, 0.05) is 15.6 Å². The number of hydrogen-bond acceptors (Lipinski definition) is 1. The lowest BCUT2D eigenvalue weighted by Crippen LogP contribution is -2.60. The first-order valence-corrected chi connectivity index (χ1v) is 8.27. The van der Waals surface area contributed by atoms with Gasteiger partial charge >= 0.3 is 0 Å². The minimum Gasteiger partial charge on any atom is -0.392 e. The van der Waals surface area contributed by atoms with Crippen molar-refractivity contribution in [3.63, 3.8) is 0 Å². The van der Waals surface area contributed by atoms with Crippen molar-refractivity contribution in [2.75, 3.05) is 0 Å². The van der Waals surface area contributed by atoms with E-state index in [9.17, 15) is 5.11 Å². The third-order valence-electron chi connectivity index (χ3n) is 6.14. The fourth-order valence-corrected chi connectivity index (χ4v) is 5.66. The van der Waals surface area contributed by atoms with E-state index in [0.29, 0.717) is 0 Å². The van der Waals surface area contributed by atoms with Gasteiger partial charge in [0.2, 0.25) is 0 Å². The highest BCUT2D eigenvalue weighted by Gasteiger charge is 2.62. The van der Waals surface area contributed by atoms with Crippen molar-refractivity contribution in [3.05, 3.63) is 11.6 Å². The molecular formula is C15H22BrClO. The average Bonchev–Trinajstić information content (AvgIpc) is 2.28. The summed E-state index contributed by atoms with van der Waals surface area (Å²) in [5.74, 6) is 0. The van der Waals surface area contributed by atoms with Crippen molar-refractivity contribution in [1.82, 2.24) is 0 Å². The minimum absolute atomic E-state index is 0.0609. The summed E-state index contributed by atoms with van der Waals surface area (Å²) in [7, 11) is 0. The number of allylic oxidation sites excluding steroid dienone is 1. The zero-order chi connectivity index (χ0) is 13.3. The molecule has 0 aliphatic heterocycles. The van der Waals surface area contributed by atoms with E-state index < -0.39 is 0 Å². The molecule has 1 N–H and O–H groups in total. The standard InChI is InChI=1S/C15H22BrClO/c1-13(2)12(16)10(18)6-9-7-14(3)4-5-15(9,13)8-11(14)17/h7,10-12,18H,4-6,8H2,1-3H3. The Balaban J connectivity index is 2.15. The highest BCUT2D eigenvalue weighted by molar-refractivity contribution is 9.09. The molecule has 1 nitrogen and oxygen atoms in total. The van der Waals surface area contributed by atoms with E-state index in [1.807, 2.05) is 0 Å². The smallest absolute Gasteiger partial charge is 0.0707 e. The zero-order valence-electron chi connectivity index (χ0n) is 11.3. The largest absolute Gasteiger partial charge is 0.392 e. The number of aliphatic hydroxyl groups excluding tert-OH is 1. The van der Waals surface area contributed by atoms with Gasteiger partial charge in [0.25, 0.3) is 0 Å². The minimum atomic E-state index is -0.270. The maximum absolute atomic E-state index is 10.3. The second-order valence-corrected chi connectivity index (χ2v) is 8.84. The van der Waals surface area contributed by atoms with Gasteiger partial charge in [0.15, 0.2) is 0 Å². The van der Waals surface area contributed by atoms with E-state index in [2.05, 4.69) is 42.8 Å². The van der Waals surface area contributed by atoms with Crippen LogP contribution in [0.5, 0.6) is 0 Å². The summed E-state index contributed by atoms with van der Waals surface area (Å²) in [6, 6.07) is 0. The molecule has 0 aromatic heterocycles. The average molecular weight is 334 g/mol. The number of alkyl halides is 2. The van der Waals surface area contributed by atoms with Crippen molar-refractivity contribution >= 4 is 27.5 Å². The van der Waals surface area contributed by atoms with Crippen LogP contribution in [0.3, 0.4) is 0 Å². The summed E-state index contributed by atoms with van der Waals surface area (Å²) in [6.45, 7) is 6.86. The Kier molecular flexibility index (Phi) is 2.82.